The Morgan fingerprint density at radius 1 is 1.26 bits per heavy atom. The van der Waals surface area contributed by atoms with Gasteiger partial charge in [0.25, 0.3) is 0 Å². The number of aliphatic hydroxyl groups is 1. The van der Waals surface area contributed by atoms with E-state index in [1.54, 1.807) is 24.3 Å². The van der Waals surface area contributed by atoms with Crippen molar-refractivity contribution in [2.24, 2.45) is 0 Å². The van der Waals surface area contributed by atoms with E-state index in [4.69, 9.17) is 5.11 Å². The van der Waals surface area contributed by atoms with Crippen LogP contribution in [0.2, 0.25) is 0 Å². The number of amides is 1. The van der Waals surface area contributed by atoms with Crippen molar-refractivity contribution in [2.75, 3.05) is 13.1 Å². The summed E-state index contributed by atoms with van der Waals surface area (Å²) in [5.74, 6) is 0.0975. The molecule has 1 aliphatic heterocycles. The predicted octanol–water partition coefficient (Wildman–Crippen LogP) is 1.91. The number of nitrogens with zero attached hydrogens (tertiary/aromatic N) is 1. The molecule has 0 atom stereocenters. The summed E-state index contributed by atoms with van der Waals surface area (Å²) in [7, 11) is 0. The number of carbonyl (C=O) groups excluding carboxylic acids is 1. The highest BCUT2D eigenvalue weighted by atomic mass is 16.3. The number of benzene rings is 1. The Bertz CT molecular complexity index is 476. The van der Waals surface area contributed by atoms with Crippen LogP contribution in [0, 0.1) is 0 Å². The summed E-state index contributed by atoms with van der Waals surface area (Å²) in [6.45, 7) is 1.45. The van der Waals surface area contributed by atoms with Crippen LogP contribution in [0.25, 0.3) is 6.08 Å². The summed E-state index contributed by atoms with van der Waals surface area (Å²) in [6.07, 6.45) is 6.63. The van der Waals surface area contributed by atoms with E-state index in [2.05, 4.69) is 0 Å². The lowest BCUT2D eigenvalue weighted by molar-refractivity contribution is -0.126. The van der Waals surface area contributed by atoms with Crippen molar-refractivity contribution in [1.29, 1.82) is 0 Å². The van der Waals surface area contributed by atoms with Crippen molar-refractivity contribution >= 4 is 12.0 Å². The lowest BCUT2D eigenvalue weighted by atomic mass is 10.1. The third kappa shape index (κ3) is 3.58. The molecule has 0 aromatic heterocycles. The maximum Gasteiger partial charge on any atom is 0.246 e. The number of carbonyl (C=O) groups is 1. The maximum atomic E-state index is 11.9. The van der Waals surface area contributed by atoms with E-state index in [0.717, 1.165) is 31.5 Å². The lowest BCUT2D eigenvalue weighted by Crippen LogP contribution is -2.34. The number of likely N-dealkylation sites (tertiary alicyclic amines) is 1. The number of piperidine rings is 1. The van der Waals surface area contributed by atoms with Gasteiger partial charge in [0.1, 0.15) is 5.75 Å². The number of aliphatic hydroxyl groups excluding tert-OH is 1. The van der Waals surface area contributed by atoms with Crippen LogP contribution in [0.15, 0.2) is 24.3 Å². The van der Waals surface area contributed by atoms with Crippen molar-refractivity contribution in [3.05, 3.63) is 35.4 Å². The fourth-order valence-corrected chi connectivity index (χ4v) is 2.22. The topological polar surface area (TPSA) is 60.8 Å². The van der Waals surface area contributed by atoms with Gasteiger partial charge in [-0.3, -0.25) is 4.79 Å². The summed E-state index contributed by atoms with van der Waals surface area (Å²) in [6, 6.07) is 4.92. The van der Waals surface area contributed by atoms with Crippen LogP contribution in [0.5, 0.6) is 5.75 Å². The molecular formula is C15H19NO3. The largest absolute Gasteiger partial charge is 0.508 e. The van der Waals surface area contributed by atoms with Crippen molar-refractivity contribution in [1.82, 2.24) is 4.90 Å². The molecule has 102 valence electrons. The standard InChI is InChI=1S/C15H19NO3/c17-11-13-10-12(4-6-14(13)18)5-7-15(19)16-8-2-1-3-9-16/h4-7,10,17-18H,1-3,8-9,11H2/b7-5+. The summed E-state index contributed by atoms with van der Waals surface area (Å²) < 4.78 is 0. The number of hydrogen-bond donors (Lipinski definition) is 2. The molecule has 1 heterocycles. The molecule has 1 aromatic rings. The third-order valence-electron chi connectivity index (χ3n) is 3.36. The summed E-state index contributed by atoms with van der Waals surface area (Å²) >= 11 is 0. The van der Waals surface area contributed by atoms with Gasteiger partial charge in [0.05, 0.1) is 6.61 Å². The fraction of sp³-hybridized carbons (Fsp3) is 0.400. The van der Waals surface area contributed by atoms with Gasteiger partial charge in [-0.25, -0.2) is 0 Å². The normalized spacial score (nSPS) is 15.9. The molecule has 4 heteroatoms. The Morgan fingerprint density at radius 3 is 2.68 bits per heavy atom. The van der Waals surface area contributed by atoms with Crippen LogP contribution in [-0.2, 0) is 11.4 Å². The van der Waals surface area contributed by atoms with E-state index in [9.17, 15) is 9.90 Å². The number of aromatic hydroxyl groups is 1. The third-order valence-corrected chi connectivity index (χ3v) is 3.36. The molecule has 19 heavy (non-hydrogen) atoms. The van der Waals surface area contributed by atoms with Crippen LogP contribution in [0.3, 0.4) is 0 Å². The van der Waals surface area contributed by atoms with E-state index in [1.165, 1.54) is 12.5 Å². The Labute approximate surface area is 113 Å². The summed E-state index contributed by atoms with van der Waals surface area (Å²) in [4.78, 5) is 13.8. The van der Waals surface area contributed by atoms with Gasteiger partial charge in [-0.15, -0.1) is 0 Å². The highest BCUT2D eigenvalue weighted by Gasteiger charge is 2.13. The van der Waals surface area contributed by atoms with Crippen LogP contribution >= 0.6 is 0 Å². The van der Waals surface area contributed by atoms with Gasteiger partial charge >= 0.3 is 0 Å². The second-order valence-electron chi connectivity index (χ2n) is 4.77. The van der Waals surface area contributed by atoms with Gasteiger partial charge in [0.2, 0.25) is 5.91 Å². The Morgan fingerprint density at radius 2 is 2.00 bits per heavy atom. The second-order valence-corrected chi connectivity index (χ2v) is 4.77. The van der Waals surface area contributed by atoms with Gasteiger partial charge in [0.15, 0.2) is 0 Å². The zero-order chi connectivity index (χ0) is 13.7. The number of rotatable bonds is 3. The monoisotopic (exact) mass is 261 g/mol. The molecule has 2 N–H and O–H groups in total. The average Bonchev–Trinajstić information content (AvgIpc) is 2.47. The van der Waals surface area contributed by atoms with Gasteiger partial charge in [0, 0.05) is 24.7 Å². The minimum atomic E-state index is -0.215. The maximum absolute atomic E-state index is 11.9. The Kier molecular flexibility index (Phi) is 4.58. The zero-order valence-electron chi connectivity index (χ0n) is 10.9. The van der Waals surface area contributed by atoms with E-state index >= 15 is 0 Å². The van der Waals surface area contributed by atoms with E-state index in [-0.39, 0.29) is 18.3 Å². The van der Waals surface area contributed by atoms with Crippen LogP contribution < -0.4 is 0 Å². The number of hydrogen-bond acceptors (Lipinski definition) is 3. The predicted molar refractivity (Wildman–Crippen MR) is 73.5 cm³/mol. The van der Waals surface area contributed by atoms with Crippen LogP contribution in [-0.4, -0.2) is 34.1 Å². The van der Waals surface area contributed by atoms with Crippen molar-refractivity contribution < 1.29 is 15.0 Å². The van der Waals surface area contributed by atoms with Gasteiger partial charge in [-0.1, -0.05) is 6.07 Å². The first-order chi connectivity index (χ1) is 9.20. The summed E-state index contributed by atoms with van der Waals surface area (Å²) in [5, 5.41) is 18.5. The highest BCUT2D eigenvalue weighted by Crippen LogP contribution is 2.19. The molecule has 1 amide bonds. The van der Waals surface area contributed by atoms with Crippen molar-refractivity contribution in [3.63, 3.8) is 0 Å². The van der Waals surface area contributed by atoms with E-state index in [0.29, 0.717) is 5.56 Å². The first-order valence-electron chi connectivity index (χ1n) is 6.60. The van der Waals surface area contributed by atoms with E-state index in [1.807, 2.05) is 4.90 Å². The quantitative estimate of drug-likeness (QED) is 0.817. The van der Waals surface area contributed by atoms with E-state index < -0.39 is 0 Å². The minimum Gasteiger partial charge on any atom is -0.508 e. The van der Waals surface area contributed by atoms with Gasteiger partial charge in [-0.2, -0.15) is 0 Å². The molecular weight excluding hydrogens is 242 g/mol. The molecule has 1 saturated heterocycles. The molecule has 1 aromatic carbocycles. The smallest absolute Gasteiger partial charge is 0.246 e. The second kappa shape index (κ2) is 6.38. The molecule has 1 fully saturated rings. The van der Waals surface area contributed by atoms with Crippen molar-refractivity contribution in [3.8, 4) is 5.75 Å². The number of phenols is 1. The SMILES string of the molecule is O=C(/C=C/c1ccc(O)c(CO)c1)N1CCCCC1. The van der Waals surface area contributed by atoms with Gasteiger partial charge in [-0.05, 0) is 43.0 Å². The molecule has 0 bridgehead atoms. The molecule has 4 nitrogen and oxygen atoms in total. The Balaban J connectivity index is 2.03. The molecule has 0 unspecified atom stereocenters. The average molecular weight is 261 g/mol. The Hall–Kier alpha value is -1.81. The molecule has 2 rings (SSSR count). The fourth-order valence-electron chi connectivity index (χ4n) is 2.22. The zero-order valence-corrected chi connectivity index (χ0v) is 10.9. The first kappa shape index (κ1) is 13.6. The molecule has 0 spiro atoms. The first-order valence-corrected chi connectivity index (χ1v) is 6.60. The van der Waals surface area contributed by atoms with Crippen LogP contribution in [0.4, 0.5) is 0 Å². The summed E-state index contributed by atoms with van der Waals surface area (Å²) in [5.41, 5.74) is 1.26. The molecule has 0 aliphatic carbocycles. The van der Waals surface area contributed by atoms with Gasteiger partial charge < -0.3 is 15.1 Å². The minimum absolute atomic E-state index is 0.0262. The molecule has 0 saturated carbocycles. The molecule has 0 radical (unpaired) electrons. The van der Waals surface area contributed by atoms with Crippen molar-refractivity contribution in [2.45, 2.75) is 25.9 Å². The highest BCUT2D eigenvalue weighted by molar-refractivity contribution is 5.91. The molecule has 1 aliphatic rings. The lowest BCUT2D eigenvalue weighted by Gasteiger charge is -2.25. The van der Waals surface area contributed by atoms with Crippen LogP contribution in [0.1, 0.15) is 30.4 Å².